The van der Waals surface area contributed by atoms with Gasteiger partial charge in [0.2, 0.25) is 0 Å². The van der Waals surface area contributed by atoms with Gasteiger partial charge in [0.05, 0.1) is 31.3 Å². The number of hydrogen-bond acceptors (Lipinski definition) is 7. The summed E-state index contributed by atoms with van der Waals surface area (Å²) in [4.78, 5) is 46.1. The van der Waals surface area contributed by atoms with Crippen molar-refractivity contribution in [1.82, 2.24) is 19.8 Å². The van der Waals surface area contributed by atoms with Crippen molar-refractivity contribution in [2.24, 2.45) is 0 Å². The van der Waals surface area contributed by atoms with Crippen molar-refractivity contribution in [3.8, 4) is 17.2 Å². The number of benzene rings is 1. The average molecular weight is 617 g/mol. The maximum atomic E-state index is 13.7. The number of ether oxygens (including phenoxy) is 1. The van der Waals surface area contributed by atoms with Crippen LogP contribution in [0.15, 0.2) is 47.4 Å². The highest BCUT2D eigenvalue weighted by Crippen LogP contribution is 2.42. The minimum absolute atomic E-state index is 0.00656. The monoisotopic (exact) mass is 616 g/mol. The second-order valence-electron chi connectivity index (χ2n) is 12.1. The summed E-state index contributed by atoms with van der Waals surface area (Å²) in [5.41, 5.74) is 2.43. The summed E-state index contributed by atoms with van der Waals surface area (Å²) in [6, 6.07) is 11.5. The molecule has 234 valence electrons. The van der Waals surface area contributed by atoms with Crippen molar-refractivity contribution in [2.75, 3.05) is 38.7 Å². The smallest absolute Gasteiger partial charge is 0.282 e. The summed E-state index contributed by atoms with van der Waals surface area (Å²) >= 11 is 0. The molecular formula is C33H34F2N6O4. The van der Waals surface area contributed by atoms with Gasteiger partial charge >= 0.3 is 0 Å². The number of pyridine rings is 2. The number of carbonyl (C=O) groups is 2. The molecule has 1 saturated heterocycles. The van der Waals surface area contributed by atoms with E-state index in [0.29, 0.717) is 30.0 Å². The lowest BCUT2D eigenvalue weighted by atomic mass is 9.95. The topological polar surface area (TPSA) is 129 Å². The molecule has 1 aliphatic heterocycles. The lowest BCUT2D eigenvalue weighted by molar-refractivity contribution is -0.113. The predicted octanol–water partition coefficient (Wildman–Crippen LogP) is 4.63. The molecule has 2 N–H and O–H groups in total. The normalized spacial score (nSPS) is 17.7. The van der Waals surface area contributed by atoms with Crippen molar-refractivity contribution < 1.29 is 23.1 Å². The Morgan fingerprint density at radius 3 is 2.53 bits per heavy atom. The number of aromatic nitrogens is 2. The summed E-state index contributed by atoms with van der Waals surface area (Å²) in [5, 5.41) is 15.6. The second-order valence-corrected chi connectivity index (χ2v) is 12.1. The average Bonchev–Trinajstić information content (AvgIpc) is 3.93. The Hall–Kier alpha value is -4.47. The number of anilines is 1. The van der Waals surface area contributed by atoms with Gasteiger partial charge in [-0.25, -0.2) is 13.8 Å². The highest BCUT2D eigenvalue weighted by Gasteiger charge is 2.46. The van der Waals surface area contributed by atoms with E-state index in [0.717, 1.165) is 36.1 Å². The molecule has 3 aromatic rings. The third kappa shape index (κ3) is 6.65. The van der Waals surface area contributed by atoms with Gasteiger partial charge in [-0.1, -0.05) is 6.07 Å². The molecule has 3 aliphatic rings. The Balaban J connectivity index is 1.34. The van der Waals surface area contributed by atoms with Crippen LogP contribution in [0.3, 0.4) is 0 Å². The number of carbonyl (C=O) groups excluding carboxylic acids is 2. The summed E-state index contributed by atoms with van der Waals surface area (Å²) in [7, 11) is 1.62. The first-order chi connectivity index (χ1) is 21.6. The number of methoxy groups -OCH3 is 1. The molecule has 1 atom stereocenters. The van der Waals surface area contributed by atoms with Crippen LogP contribution in [0.5, 0.6) is 0 Å². The van der Waals surface area contributed by atoms with E-state index in [1.807, 2.05) is 25.3 Å². The van der Waals surface area contributed by atoms with Crippen LogP contribution < -0.4 is 16.2 Å². The fourth-order valence-electron chi connectivity index (χ4n) is 5.55. The minimum atomic E-state index is -2.94. The predicted molar refractivity (Wildman–Crippen MR) is 162 cm³/mol. The number of nitrogens with zero attached hydrogens (tertiary/aromatic N) is 4. The molecule has 12 heteroatoms. The molecule has 2 saturated carbocycles. The zero-order chi connectivity index (χ0) is 31.9. The summed E-state index contributed by atoms with van der Waals surface area (Å²) in [6.45, 7) is 1.69. The van der Waals surface area contributed by atoms with E-state index in [-0.39, 0.29) is 46.1 Å². The van der Waals surface area contributed by atoms with Gasteiger partial charge in [0.15, 0.2) is 0 Å². The number of likely N-dealkylation sites (tertiary alicyclic amines) is 1. The first-order valence-corrected chi connectivity index (χ1v) is 15.1. The van der Waals surface area contributed by atoms with Gasteiger partial charge in [-0.3, -0.25) is 14.4 Å². The maximum Gasteiger partial charge on any atom is 0.282 e. The summed E-state index contributed by atoms with van der Waals surface area (Å²) in [5.74, 6) is -3.78. The molecule has 6 rings (SSSR count). The summed E-state index contributed by atoms with van der Waals surface area (Å²) in [6.07, 6.45) is 5.36. The van der Waals surface area contributed by atoms with Gasteiger partial charge in [-0.05, 0) is 79.6 Å². The molecule has 2 aliphatic carbocycles. The van der Waals surface area contributed by atoms with E-state index in [9.17, 15) is 28.4 Å². The van der Waals surface area contributed by atoms with Gasteiger partial charge < -0.3 is 24.8 Å². The van der Waals surface area contributed by atoms with Crippen LogP contribution in [0, 0.1) is 11.3 Å². The molecule has 3 fully saturated rings. The Labute approximate surface area is 259 Å². The second kappa shape index (κ2) is 12.1. The van der Waals surface area contributed by atoms with E-state index in [4.69, 9.17) is 4.74 Å². The van der Waals surface area contributed by atoms with E-state index >= 15 is 0 Å². The molecule has 10 nitrogen and oxygen atoms in total. The van der Waals surface area contributed by atoms with E-state index in [2.05, 4.69) is 15.6 Å². The maximum absolute atomic E-state index is 13.7. The number of amides is 2. The molecule has 1 aromatic carbocycles. The Morgan fingerprint density at radius 2 is 1.89 bits per heavy atom. The first kappa shape index (κ1) is 30.6. The van der Waals surface area contributed by atoms with Crippen molar-refractivity contribution >= 4 is 17.6 Å². The van der Waals surface area contributed by atoms with Crippen molar-refractivity contribution in [2.45, 2.75) is 56.5 Å². The molecule has 2 amide bonds. The number of nitrogens with one attached hydrogen (secondary N) is 2. The number of nitriles is 1. The zero-order valence-electron chi connectivity index (χ0n) is 25.1. The van der Waals surface area contributed by atoms with Crippen LogP contribution >= 0.6 is 0 Å². The van der Waals surface area contributed by atoms with Crippen molar-refractivity contribution in [3.05, 3.63) is 80.9 Å². The lowest BCUT2D eigenvalue weighted by Crippen LogP contribution is -2.58. The van der Waals surface area contributed by atoms with E-state index in [1.54, 1.807) is 35.9 Å². The fraction of sp³-hybridized carbons (Fsp3) is 0.424. The summed E-state index contributed by atoms with van der Waals surface area (Å²) < 4.78 is 34.0. The van der Waals surface area contributed by atoms with Gasteiger partial charge in [-0.15, -0.1) is 0 Å². The molecule has 45 heavy (non-hydrogen) atoms. The minimum Gasteiger partial charge on any atom is -0.383 e. The fourth-order valence-corrected chi connectivity index (χ4v) is 5.55. The standard InChI is InChI=1S/C33H34F2N6O4/c1-19(37-9-10-45-2)23-12-27(32(44)41(16-23)24-6-7-24)30(42)39-29-14-22(13-28(38-29)21-4-5-21)25-8-3-20(15-36)11-26(25)31(43)40-17-33(34,35)18-40/h3,8,11-14,16,19,21,24,37H,4-7,9-10,17-18H2,1-2H3,(H,38,39,42). The van der Waals surface area contributed by atoms with Gasteiger partial charge in [0, 0.05) is 49.1 Å². The molecule has 0 bridgehead atoms. The molecule has 1 unspecified atom stereocenters. The largest absolute Gasteiger partial charge is 0.383 e. The van der Waals surface area contributed by atoms with E-state index in [1.165, 1.54) is 6.07 Å². The van der Waals surface area contributed by atoms with Crippen LogP contribution in [0.2, 0.25) is 0 Å². The number of alkyl halides is 2. The first-order valence-electron chi connectivity index (χ1n) is 15.1. The van der Waals surface area contributed by atoms with Crippen LogP contribution in [-0.4, -0.2) is 65.5 Å². The Morgan fingerprint density at radius 1 is 1.13 bits per heavy atom. The van der Waals surface area contributed by atoms with Gasteiger partial charge in [0.25, 0.3) is 23.3 Å². The highest BCUT2D eigenvalue weighted by atomic mass is 19.3. The molecule has 2 aromatic heterocycles. The molecule has 0 radical (unpaired) electrons. The quantitative estimate of drug-likeness (QED) is 0.301. The Kier molecular flexibility index (Phi) is 8.24. The number of halogens is 2. The lowest BCUT2D eigenvalue weighted by Gasteiger charge is -2.39. The number of hydrogen-bond donors (Lipinski definition) is 2. The third-order valence-corrected chi connectivity index (χ3v) is 8.41. The highest BCUT2D eigenvalue weighted by molar-refractivity contribution is 6.05. The van der Waals surface area contributed by atoms with Crippen molar-refractivity contribution in [1.29, 1.82) is 5.26 Å². The Bertz CT molecular complexity index is 1750. The molecule has 0 spiro atoms. The third-order valence-electron chi connectivity index (χ3n) is 8.41. The van der Waals surface area contributed by atoms with Crippen molar-refractivity contribution in [3.63, 3.8) is 0 Å². The molecule has 3 heterocycles. The van der Waals surface area contributed by atoms with Crippen LogP contribution in [0.4, 0.5) is 14.6 Å². The molecular weight excluding hydrogens is 582 g/mol. The SMILES string of the molecule is COCCNC(C)c1cc(C(=O)Nc2cc(-c3ccc(C#N)cc3C(=O)N3CC(F)(F)C3)cc(C3CC3)n2)c(=O)n(C2CC2)c1. The van der Waals surface area contributed by atoms with Crippen LogP contribution in [0.25, 0.3) is 11.1 Å². The zero-order valence-corrected chi connectivity index (χ0v) is 25.1. The van der Waals surface area contributed by atoms with E-state index < -0.39 is 30.8 Å². The van der Waals surface area contributed by atoms with Gasteiger partial charge in [-0.2, -0.15) is 5.26 Å². The van der Waals surface area contributed by atoms with Crippen LogP contribution in [0.1, 0.15) is 88.1 Å². The number of rotatable bonds is 11. The van der Waals surface area contributed by atoms with Crippen LogP contribution in [-0.2, 0) is 4.74 Å². The van der Waals surface area contributed by atoms with Gasteiger partial charge in [0.1, 0.15) is 11.4 Å².